The Morgan fingerprint density at radius 1 is 1.38 bits per heavy atom. The van der Waals surface area contributed by atoms with Crippen LogP contribution in [0.1, 0.15) is 5.56 Å². The first-order valence-electron chi connectivity index (χ1n) is 5.92. The van der Waals surface area contributed by atoms with E-state index in [9.17, 15) is 8.42 Å². The Morgan fingerprint density at radius 3 is 2.71 bits per heavy atom. The Labute approximate surface area is 128 Å². The molecule has 0 amide bonds. The number of nitrogen functional groups attached to an aromatic ring is 1. The number of rotatable bonds is 4. The van der Waals surface area contributed by atoms with Crippen molar-refractivity contribution in [1.82, 2.24) is 4.98 Å². The number of pyridine rings is 1. The van der Waals surface area contributed by atoms with Crippen LogP contribution in [0.2, 0.25) is 5.02 Å². The highest BCUT2D eigenvalue weighted by Gasteiger charge is 2.22. The van der Waals surface area contributed by atoms with Crippen molar-refractivity contribution < 1.29 is 13.2 Å². The highest BCUT2D eigenvalue weighted by Crippen LogP contribution is 2.31. The van der Waals surface area contributed by atoms with Gasteiger partial charge in [-0.25, -0.2) is 13.4 Å². The number of nitrogens with one attached hydrogen (secondary N) is 1. The van der Waals surface area contributed by atoms with Crippen molar-refractivity contribution in [3.8, 4) is 5.75 Å². The molecule has 6 nitrogen and oxygen atoms in total. The summed E-state index contributed by atoms with van der Waals surface area (Å²) >= 11 is 5.90. The summed E-state index contributed by atoms with van der Waals surface area (Å²) < 4.78 is 32.3. The molecule has 2 rings (SSSR count). The van der Waals surface area contributed by atoms with Gasteiger partial charge in [-0.1, -0.05) is 11.6 Å². The molecule has 0 saturated carbocycles. The maximum absolute atomic E-state index is 12.5. The molecular formula is C13H14ClN3O3S. The van der Waals surface area contributed by atoms with Gasteiger partial charge in [0.15, 0.2) is 5.82 Å². The Kier molecular flexibility index (Phi) is 4.24. The van der Waals surface area contributed by atoms with Gasteiger partial charge in [0.2, 0.25) is 0 Å². The topological polar surface area (TPSA) is 94.3 Å². The van der Waals surface area contributed by atoms with E-state index in [0.29, 0.717) is 5.69 Å². The van der Waals surface area contributed by atoms with E-state index in [0.717, 1.165) is 5.56 Å². The molecule has 0 atom stereocenters. The van der Waals surface area contributed by atoms with Gasteiger partial charge in [-0.3, -0.25) is 4.72 Å². The van der Waals surface area contributed by atoms with E-state index in [1.165, 1.54) is 25.4 Å². The quantitative estimate of drug-likeness (QED) is 0.841. The second-order valence-corrected chi connectivity index (χ2v) is 6.36. The van der Waals surface area contributed by atoms with E-state index in [2.05, 4.69) is 9.71 Å². The number of ether oxygens (including phenoxy) is 1. The van der Waals surface area contributed by atoms with Gasteiger partial charge in [0, 0.05) is 11.9 Å². The number of nitrogens with zero attached hydrogens (tertiary/aromatic N) is 1. The first-order valence-corrected chi connectivity index (χ1v) is 7.78. The summed E-state index contributed by atoms with van der Waals surface area (Å²) in [5.74, 6) is 0.238. The van der Waals surface area contributed by atoms with E-state index >= 15 is 0 Å². The van der Waals surface area contributed by atoms with Crippen molar-refractivity contribution in [2.45, 2.75) is 11.8 Å². The second-order valence-electron chi connectivity index (χ2n) is 4.30. The first-order chi connectivity index (χ1) is 9.85. The molecule has 0 unspecified atom stereocenters. The lowest BCUT2D eigenvalue weighted by Crippen LogP contribution is -2.16. The Bertz CT molecular complexity index is 778. The molecule has 0 saturated heterocycles. The van der Waals surface area contributed by atoms with Crippen LogP contribution < -0.4 is 15.2 Å². The van der Waals surface area contributed by atoms with Crippen molar-refractivity contribution in [2.24, 2.45) is 0 Å². The third-order valence-electron chi connectivity index (χ3n) is 2.83. The van der Waals surface area contributed by atoms with Gasteiger partial charge in [0.05, 0.1) is 12.1 Å². The van der Waals surface area contributed by atoms with E-state index in [4.69, 9.17) is 22.1 Å². The van der Waals surface area contributed by atoms with Crippen molar-refractivity contribution in [1.29, 1.82) is 0 Å². The monoisotopic (exact) mass is 327 g/mol. The number of sulfonamides is 1. The van der Waals surface area contributed by atoms with Crippen LogP contribution in [-0.4, -0.2) is 20.5 Å². The molecule has 112 valence electrons. The molecule has 1 heterocycles. The van der Waals surface area contributed by atoms with E-state index in [1.807, 2.05) is 0 Å². The predicted molar refractivity (Wildman–Crippen MR) is 82.2 cm³/mol. The minimum Gasteiger partial charge on any atom is -0.495 e. The third-order valence-corrected chi connectivity index (χ3v) is 4.50. The zero-order valence-electron chi connectivity index (χ0n) is 11.4. The van der Waals surface area contributed by atoms with Gasteiger partial charge in [0.25, 0.3) is 10.0 Å². The summed E-state index contributed by atoms with van der Waals surface area (Å²) in [7, 11) is -2.53. The fraction of sp³-hybridized carbons (Fsp3) is 0.154. The van der Waals surface area contributed by atoms with E-state index in [1.54, 1.807) is 19.1 Å². The van der Waals surface area contributed by atoms with Crippen molar-refractivity contribution in [3.63, 3.8) is 0 Å². The Morgan fingerprint density at radius 2 is 2.10 bits per heavy atom. The van der Waals surface area contributed by atoms with Crippen molar-refractivity contribution in [3.05, 3.63) is 41.0 Å². The standard InChI is InChI=1S/C13H14ClN3O3S/c1-8-6-11(20-2)12(7-10(8)15)21(18,19)17-13-9(14)4-3-5-16-13/h3-7H,15H2,1-2H3,(H,16,17). The number of benzene rings is 1. The minimum atomic E-state index is -3.92. The van der Waals surface area contributed by atoms with Gasteiger partial charge < -0.3 is 10.5 Å². The highest BCUT2D eigenvalue weighted by molar-refractivity contribution is 7.92. The summed E-state index contributed by atoms with van der Waals surface area (Å²) in [6.45, 7) is 1.76. The van der Waals surface area contributed by atoms with Crippen LogP contribution in [0.15, 0.2) is 35.4 Å². The molecule has 2 aromatic rings. The normalized spacial score (nSPS) is 11.2. The molecule has 0 aliphatic carbocycles. The smallest absolute Gasteiger partial charge is 0.266 e. The van der Waals surface area contributed by atoms with Crippen LogP contribution in [0.3, 0.4) is 0 Å². The van der Waals surface area contributed by atoms with Gasteiger partial charge in [0.1, 0.15) is 10.6 Å². The minimum absolute atomic E-state index is 0.0420. The SMILES string of the molecule is COc1cc(C)c(N)cc1S(=O)(=O)Nc1ncccc1Cl. The van der Waals surface area contributed by atoms with Crippen LogP contribution >= 0.6 is 11.6 Å². The number of nitrogens with two attached hydrogens (primary N) is 1. The van der Waals surface area contributed by atoms with E-state index in [-0.39, 0.29) is 21.5 Å². The van der Waals surface area contributed by atoms with E-state index < -0.39 is 10.0 Å². The van der Waals surface area contributed by atoms with Crippen LogP contribution in [-0.2, 0) is 10.0 Å². The summed E-state index contributed by atoms with van der Waals surface area (Å²) in [5.41, 5.74) is 6.85. The average Bonchev–Trinajstić information content (AvgIpc) is 2.43. The zero-order chi connectivity index (χ0) is 15.6. The average molecular weight is 328 g/mol. The Hall–Kier alpha value is -1.99. The molecule has 0 spiro atoms. The second kappa shape index (κ2) is 5.79. The molecule has 0 bridgehead atoms. The molecular weight excluding hydrogens is 314 g/mol. The Balaban J connectivity index is 2.50. The highest BCUT2D eigenvalue weighted by atomic mass is 35.5. The van der Waals surface area contributed by atoms with Crippen LogP contribution in [0.5, 0.6) is 5.75 Å². The number of hydrogen-bond donors (Lipinski definition) is 2. The number of methoxy groups -OCH3 is 1. The number of aromatic nitrogens is 1. The molecule has 0 fully saturated rings. The third kappa shape index (κ3) is 3.20. The van der Waals surface area contributed by atoms with Crippen LogP contribution in [0.4, 0.5) is 11.5 Å². The first kappa shape index (κ1) is 15.4. The van der Waals surface area contributed by atoms with Crippen molar-refractivity contribution >= 4 is 33.1 Å². The van der Waals surface area contributed by atoms with Crippen LogP contribution in [0.25, 0.3) is 0 Å². The number of hydrogen-bond acceptors (Lipinski definition) is 5. The lowest BCUT2D eigenvalue weighted by molar-refractivity contribution is 0.402. The lowest BCUT2D eigenvalue weighted by Gasteiger charge is -2.13. The van der Waals surface area contributed by atoms with Gasteiger partial charge >= 0.3 is 0 Å². The lowest BCUT2D eigenvalue weighted by atomic mass is 10.2. The van der Waals surface area contributed by atoms with Crippen LogP contribution in [0, 0.1) is 6.92 Å². The maximum Gasteiger partial charge on any atom is 0.266 e. The molecule has 8 heteroatoms. The summed E-state index contributed by atoms with van der Waals surface area (Å²) in [6, 6.07) is 6.04. The largest absolute Gasteiger partial charge is 0.495 e. The van der Waals surface area contributed by atoms with Gasteiger partial charge in [-0.2, -0.15) is 0 Å². The van der Waals surface area contributed by atoms with Gasteiger partial charge in [-0.15, -0.1) is 0 Å². The predicted octanol–water partition coefficient (Wildman–Crippen LogP) is 2.44. The number of anilines is 2. The molecule has 3 N–H and O–H groups in total. The fourth-order valence-electron chi connectivity index (χ4n) is 1.69. The molecule has 21 heavy (non-hydrogen) atoms. The molecule has 0 radical (unpaired) electrons. The summed E-state index contributed by atoms with van der Waals surface area (Å²) in [5, 5.41) is 0.195. The number of halogens is 1. The van der Waals surface area contributed by atoms with Gasteiger partial charge in [-0.05, 0) is 36.8 Å². The van der Waals surface area contributed by atoms with Crippen molar-refractivity contribution in [2.75, 3.05) is 17.6 Å². The molecule has 0 aliphatic rings. The zero-order valence-corrected chi connectivity index (χ0v) is 13.0. The summed E-state index contributed by atoms with van der Waals surface area (Å²) in [6.07, 6.45) is 1.43. The maximum atomic E-state index is 12.5. The molecule has 1 aromatic heterocycles. The molecule has 1 aromatic carbocycles. The molecule has 0 aliphatic heterocycles. The fourth-order valence-corrected chi connectivity index (χ4v) is 3.13. The summed E-state index contributed by atoms with van der Waals surface area (Å²) in [4.78, 5) is 3.82. The number of aryl methyl sites for hydroxylation is 1.